The molecular weight excluding hydrogens is 244 g/mol. The number of nitrogens with zero attached hydrogens (tertiary/aromatic N) is 1. The van der Waals surface area contributed by atoms with E-state index in [1.165, 1.54) is 32.5 Å². The molecule has 4 atom stereocenters. The lowest BCUT2D eigenvalue weighted by atomic mass is 9.72. The van der Waals surface area contributed by atoms with Crippen LogP contribution in [0.15, 0.2) is 0 Å². The fourth-order valence-corrected chi connectivity index (χ4v) is 4.10. The molecule has 1 saturated carbocycles. The Morgan fingerprint density at radius 3 is 2.00 bits per heavy atom. The van der Waals surface area contributed by atoms with E-state index in [1.54, 1.807) is 0 Å². The lowest BCUT2D eigenvalue weighted by molar-refractivity contribution is 0.0925. The van der Waals surface area contributed by atoms with E-state index in [4.69, 9.17) is 0 Å². The SMILES string of the molecule is CNC1CC(C)CC(C)C1CN(CC(C)C)CC(C)C. The average Bonchev–Trinajstić information content (AvgIpc) is 2.30. The van der Waals surface area contributed by atoms with Crippen molar-refractivity contribution in [1.82, 2.24) is 10.2 Å². The molecule has 0 aromatic rings. The van der Waals surface area contributed by atoms with E-state index in [9.17, 15) is 0 Å². The summed E-state index contributed by atoms with van der Waals surface area (Å²) in [6, 6.07) is 0.704. The molecule has 0 heterocycles. The van der Waals surface area contributed by atoms with Gasteiger partial charge in [-0.1, -0.05) is 41.5 Å². The Labute approximate surface area is 127 Å². The first-order chi connectivity index (χ1) is 9.33. The molecule has 1 fully saturated rings. The molecule has 0 spiro atoms. The van der Waals surface area contributed by atoms with E-state index in [2.05, 4.69) is 58.8 Å². The van der Waals surface area contributed by atoms with Gasteiger partial charge in [0.15, 0.2) is 0 Å². The minimum absolute atomic E-state index is 0.704. The summed E-state index contributed by atoms with van der Waals surface area (Å²) < 4.78 is 0. The summed E-state index contributed by atoms with van der Waals surface area (Å²) in [6.45, 7) is 18.0. The maximum absolute atomic E-state index is 3.60. The first-order valence-corrected chi connectivity index (χ1v) is 8.73. The standard InChI is InChI=1S/C18H38N2/c1-13(2)10-20(11-14(3)4)12-17-16(6)8-15(5)9-18(17)19-7/h13-19H,8-12H2,1-7H3. The Kier molecular flexibility index (Phi) is 7.53. The molecule has 1 N–H and O–H groups in total. The van der Waals surface area contributed by atoms with Gasteiger partial charge in [-0.25, -0.2) is 0 Å². The first-order valence-electron chi connectivity index (χ1n) is 8.73. The summed E-state index contributed by atoms with van der Waals surface area (Å²) in [4.78, 5) is 2.72. The van der Waals surface area contributed by atoms with Gasteiger partial charge in [0.05, 0.1) is 0 Å². The second-order valence-electron chi connectivity index (χ2n) is 8.12. The van der Waals surface area contributed by atoms with Crippen molar-refractivity contribution < 1.29 is 0 Å². The zero-order chi connectivity index (χ0) is 15.3. The molecule has 0 radical (unpaired) electrons. The summed E-state index contributed by atoms with van der Waals surface area (Å²) >= 11 is 0. The molecule has 0 bridgehead atoms. The van der Waals surface area contributed by atoms with Crippen LogP contribution >= 0.6 is 0 Å². The van der Waals surface area contributed by atoms with Crippen LogP contribution in [0.2, 0.25) is 0 Å². The van der Waals surface area contributed by atoms with Crippen LogP contribution in [0, 0.1) is 29.6 Å². The van der Waals surface area contributed by atoms with E-state index < -0.39 is 0 Å². The van der Waals surface area contributed by atoms with Crippen molar-refractivity contribution >= 4 is 0 Å². The molecule has 1 aliphatic rings. The van der Waals surface area contributed by atoms with Gasteiger partial charge in [0.1, 0.15) is 0 Å². The van der Waals surface area contributed by atoms with Crippen molar-refractivity contribution in [2.75, 3.05) is 26.7 Å². The van der Waals surface area contributed by atoms with Gasteiger partial charge in [-0.05, 0) is 49.5 Å². The second kappa shape index (κ2) is 8.38. The molecular formula is C18H38N2. The summed E-state index contributed by atoms with van der Waals surface area (Å²) in [7, 11) is 2.15. The van der Waals surface area contributed by atoms with Gasteiger partial charge in [0.25, 0.3) is 0 Å². The number of hydrogen-bond donors (Lipinski definition) is 1. The zero-order valence-electron chi connectivity index (χ0n) is 14.9. The molecule has 20 heavy (non-hydrogen) atoms. The fraction of sp³-hybridized carbons (Fsp3) is 1.00. The molecule has 120 valence electrons. The predicted octanol–water partition coefficient (Wildman–Crippen LogP) is 3.87. The largest absolute Gasteiger partial charge is 0.317 e. The van der Waals surface area contributed by atoms with Crippen molar-refractivity contribution in [2.24, 2.45) is 29.6 Å². The van der Waals surface area contributed by atoms with E-state index >= 15 is 0 Å². The highest BCUT2D eigenvalue weighted by Gasteiger charge is 2.34. The van der Waals surface area contributed by atoms with Crippen LogP contribution in [0.5, 0.6) is 0 Å². The van der Waals surface area contributed by atoms with Crippen molar-refractivity contribution in [1.29, 1.82) is 0 Å². The van der Waals surface area contributed by atoms with Crippen LogP contribution in [-0.2, 0) is 0 Å². The Bertz CT molecular complexity index is 252. The second-order valence-corrected chi connectivity index (χ2v) is 8.12. The molecule has 2 heteroatoms. The van der Waals surface area contributed by atoms with E-state index in [1.807, 2.05) is 0 Å². The molecule has 0 aromatic heterocycles. The molecule has 4 unspecified atom stereocenters. The average molecular weight is 283 g/mol. The highest BCUT2D eigenvalue weighted by atomic mass is 15.1. The van der Waals surface area contributed by atoms with Gasteiger partial charge in [-0.15, -0.1) is 0 Å². The van der Waals surface area contributed by atoms with Crippen LogP contribution in [0.3, 0.4) is 0 Å². The molecule has 0 amide bonds. The van der Waals surface area contributed by atoms with Gasteiger partial charge in [-0.2, -0.15) is 0 Å². The maximum Gasteiger partial charge on any atom is 0.0110 e. The quantitative estimate of drug-likeness (QED) is 0.762. The van der Waals surface area contributed by atoms with Crippen LogP contribution in [0.25, 0.3) is 0 Å². The number of hydrogen-bond acceptors (Lipinski definition) is 2. The van der Waals surface area contributed by atoms with Crippen LogP contribution < -0.4 is 5.32 Å². The number of nitrogens with one attached hydrogen (secondary N) is 1. The highest BCUT2D eigenvalue weighted by molar-refractivity contribution is 4.89. The Balaban J connectivity index is 2.68. The van der Waals surface area contributed by atoms with Gasteiger partial charge in [0.2, 0.25) is 0 Å². The zero-order valence-corrected chi connectivity index (χ0v) is 14.9. The summed E-state index contributed by atoms with van der Waals surface area (Å²) in [5.74, 6) is 4.06. The predicted molar refractivity (Wildman–Crippen MR) is 90.0 cm³/mol. The Hall–Kier alpha value is -0.0800. The maximum atomic E-state index is 3.60. The minimum Gasteiger partial charge on any atom is -0.317 e. The summed E-state index contributed by atoms with van der Waals surface area (Å²) in [5, 5.41) is 3.60. The van der Waals surface area contributed by atoms with Gasteiger partial charge < -0.3 is 10.2 Å². The fourth-order valence-electron chi connectivity index (χ4n) is 4.10. The van der Waals surface area contributed by atoms with E-state index in [0.717, 1.165) is 29.6 Å². The van der Waals surface area contributed by atoms with Crippen LogP contribution in [-0.4, -0.2) is 37.6 Å². The first kappa shape index (κ1) is 18.0. The third-order valence-electron chi connectivity index (χ3n) is 4.76. The van der Waals surface area contributed by atoms with Crippen molar-refractivity contribution in [2.45, 2.75) is 60.4 Å². The Morgan fingerprint density at radius 2 is 1.55 bits per heavy atom. The summed E-state index contributed by atoms with van der Waals surface area (Å²) in [6.07, 6.45) is 2.75. The van der Waals surface area contributed by atoms with Crippen molar-refractivity contribution in [3.63, 3.8) is 0 Å². The topological polar surface area (TPSA) is 15.3 Å². The van der Waals surface area contributed by atoms with Gasteiger partial charge in [0, 0.05) is 25.7 Å². The molecule has 1 aliphatic carbocycles. The van der Waals surface area contributed by atoms with E-state index in [-0.39, 0.29) is 0 Å². The van der Waals surface area contributed by atoms with Gasteiger partial charge in [-0.3, -0.25) is 0 Å². The van der Waals surface area contributed by atoms with Crippen LogP contribution in [0.1, 0.15) is 54.4 Å². The monoisotopic (exact) mass is 282 g/mol. The van der Waals surface area contributed by atoms with Crippen LogP contribution in [0.4, 0.5) is 0 Å². The molecule has 0 aromatic carbocycles. The molecule has 2 nitrogen and oxygen atoms in total. The lowest BCUT2D eigenvalue weighted by Crippen LogP contribution is -2.49. The van der Waals surface area contributed by atoms with Gasteiger partial charge >= 0.3 is 0 Å². The van der Waals surface area contributed by atoms with E-state index in [0.29, 0.717) is 6.04 Å². The third-order valence-corrected chi connectivity index (χ3v) is 4.76. The third kappa shape index (κ3) is 5.73. The normalized spacial score (nSPS) is 31.5. The summed E-state index contributed by atoms with van der Waals surface area (Å²) in [5.41, 5.74) is 0. The van der Waals surface area contributed by atoms with Crippen molar-refractivity contribution in [3.8, 4) is 0 Å². The minimum atomic E-state index is 0.704. The number of rotatable bonds is 7. The molecule has 0 aliphatic heterocycles. The molecule has 0 saturated heterocycles. The molecule has 1 rings (SSSR count). The Morgan fingerprint density at radius 1 is 1.00 bits per heavy atom. The highest BCUT2D eigenvalue weighted by Crippen LogP contribution is 2.34. The lowest BCUT2D eigenvalue weighted by Gasteiger charge is -2.42. The smallest absolute Gasteiger partial charge is 0.0110 e. The van der Waals surface area contributed by atoms with Crippen molar-refractivity contribution in [3.05, 3.63) is 0 Å².